The molecule has 0 radical (unpaired) electrons. The molecule has 1 saturated carbocycles. The van der Waals surface area contributed by atoms with Crippen molar-refractivity contribution in [1.29, 1.82) is 0 Å². The molecule has 1 saturated heterocycles. The summed E-state index contributed by atoms with van der Waals surface area (Å²) < 4.78 is 36.8. The lowest BCUT2D eigenvalue weighted by molar-refractivity contribution is -0.134. The van der Waals surface area contributed by atoms with Crippen molar-refractivity contribution in [3.05, 3.63) is 89.7 Å². The van der Waals surface area contributed by atoms with Crippen LogP contribution in [-0.4, -0.2) is 50.5 Å². The molecule has 1 heterocycles. The van der Waals surface area contributed by atoms with E-state index in [-0.39, 0.29) is 22.5 Å². The molecule has 0 aromatic heterocycles. The number of hydrogen-bond acceptors (Lipinski definition) is 4. The summed E-state index contributed by atoms with van der Waals surface area (Å²) in [6.07, 6.45) is 7.72. The quantitative estimate of drug-likeness (QED) is 0.322. The van der Waals surface area contributed by atoms with Crippen LogP contribution in [0.4, 0.5) is 4.39 Å². The Morgan fingerprint density at radius 3 is 2.12 bits per heavy atom. The predicted molar refractivity (Wildman–Crippen MR) is 158 cm³/mol. The van der Waals surface area contributed by atoms with Gasteiger partial charge >= 0.3 is 0 Å². The van der Waals surface area contributed by atoms with Gasteiger partial charge in [-0.1, -0.05) is 42.8 Å². The van der Waals surface area contributed by atoms with Crippen LogP contribution in [0.15, 0.2) is 77.7 Å². The number of sulfone groups is 1. The molecule has 0 bridgehead atoms. The molecule has 1 aliphatic heterocycles. The average Bonchev–Trinajstić information content (AvgIpc) is 3.76. The zero-order valence-electron chi connectivity index (χ0n) is 23.4. The minimum absolute atomic E-state index is 0.00785. The van der Waals surface area contributed by atoms with E-state index in [2.05, 4.69) is 5.32 Å². The highest BCUT2D eigenvalue weighted by molar-refractivity contribution is 7.90. The van der Waals surface area contributed by atoms with Crippen LogP contribution >= 0.6 is 0 Å². The zero-order chi connectivity index (χ0) is 29.0. The van der Waals surface area contributed by atoms with Gasteiger partial charge in [-0.15, -0.1) is 0 Å². The third-order valence-corrected chi connectivity index (χ3v) is 9.45. The zero-order valence-corrected chi connectivity index (χ0v) is 24.2. The van der Waals surface area contributed by atoms with Gasteiger partial charge in [0.1, 0.15) is 11.9 Å². The van der Waals surface area contributed by atoms with Gasteiger partial charge in [-0.2, -0.15) is 0 Å². The fourth-order valence-electron chi connectivity index (χ4n) is 5.81. The molecule has 2 aliphatic rings. The van der Waals surface area contributed by atoms with E-state index in [0.29, 0.717) is 23.8 Å². The minimum atomic E-state index is -3.27. The number of nitrogens with one attached hydrogen (secondary N) is 1. The summed E-state index contributed by atoms with van der Waals surface area (Å²) in [5, 5.41) is 3.02. The Hall–Kier alpha value is -3.52. The van der Waals surface area contributed by atoms with Crippen molar-refractivity contribution in [2.45, 2.75) is 61.8 Å². The summed E-state index contributed by atoms with van der Waals surface area (Å²) in [6, 6.07) is 19.9. The Morgan fingerprint density at radius 1 is 0.902 bits per heavy atom. The summed E-state index contributed by atoms with van der Waals surface area (Å²) in [6.45, 7) is 1.46. The maximum Gasteiger partial charge on any atom is 0.251 e. The molecule has 3 aromatic rings. The van der Waals surface area contributed by atoms with E-state index >= 15 is 0 Å². The molecule has 8 heteroatoms. The maximum atomic E-state index is 13.4. The molecule has 216 valence electrons. The second kappa shape index (κ2) is 12.6. The first kappa shape index (κ1) is 29.0. The highest BCUT2D eigenvalue weighted by Crippen LogP contribution is 2.50. The van der Waals surface area contributed by atoms with Crippen LogP contribution in [-0.2, 0) is 14.6 Å². The van der Waals surface area contributed by atoms with E-state index in [0.717, 1.165) is 62.7 Å². The van der Waals surface area contributed by atoms with Crippen LogP contribution in [0.3, 0.4) is 0 Å². The van der Waals surface area contributed by atoms with E-state index in [1.165, 1.54) is 24.0 Å². The summed E-state index contributed by atoms with van der Waals surface area (Å²) in [5.41, 5.74) is 3.35. The van der Waals surface area contributed by atoms with Gasteiger partial charge in [0.2, 0.25) is 5.91 Å². The van der Waals surface area contributed by atoms with Gasteiger partial charge in [0.05, 0.1) is 4.90 Å². The fourth-order valence-corrected chi connectivity index (χ4v) is 6.44. The van der Waals surface area contributed by atoms with Crippen molar-refractivity contribution in [2.24, 2.45) is 5.92 Å². The Balaban J connectivity index is 1.21. The molecule has 2 fully saturated rings. The van der Waals surface area contributed by atoms with Crippen molar-refractivity contribution in [2.75, 3.05) is 19.3 Å². The lowest BCUT2D eigenvalue weighted by Crippen LogP contribution is -2.50. The third kappa shape index (κ3) is 7.41. The van der Waals surface area contributed by atoms with Gasteiger partial charge in [-0.3, -0.25) is 9.59 Å². The number of piperidine rings is 1. The Morgan fingerprint density at radius 2 is 1.51 bits per heavy atom. The van der Waals surface area contributed by atoms with Crippen LogP contribution in [0.25, 0.3) is 11.1 Å². The average molecular weight is 577 g/mol. The number of benzene rings is 3. The summed E-state index contributed by atoms with van der Waals surface area (Å²) in [7, 11) is -3.27. The normalized spacial score (nSPS) is 19.4. The summed E-state index contributed by atoms with van der Waals surface area (Å²) in [4.78, 5) is 28.8. The lowest BCUT2D eigenvalue weighted by Gasteiger charge is -2.31. The first-order valence-corrected chi connectivity index (χ1v) is 16.3. The van der Waals surface area contributed by atoms with Crippen molar-refractivity contribution < 1.29 is 22.4 Å². The molecule has 41 heavy (non-hydrogen) atoms. The monoisotopic (exact) mass is 576 g/mol. The van der Waals surface area contributed by atoms with Crippen LogP contribution < -0.4 is 5.32 Å². The van der Waals surface area contributed by atoms with Crippen molar-refractivity contribution in [3.8, 4) is 11.1 Å². The third-order valence-electron chi connectivity index (χ3n) is 8.32. The summed E-state index contributed by atoms with van der Waals surface area (Å²) >= 11 is 0. The van der Waals surface area contributed by atoms with Crippen molar-refractivity contribution in [1.82, 2.24) is 10.2 Å². The number of halogens is 1. The lowest BCUT2D eigenvalue weighted by atomic mass is 10.0. The van der Waals surface area contributed by atoms with Gasteiger partial charge in [-0.25, -0.2) is 12.8 Å². The van der Waals surface area contributed by atoms with E-state index in [1.54, 1.807) is 36.4 Å². The smallest absolute Gasteiger partial charge is 0.251 e. The second-order valence-corrected chi connectivity index (χ2v) is 13.4. The number of amides is 2. The van der Waals surface area contributed by atoms with Crippen LogP contribution in [0.2, 0.25) is 0 Å². The molecule has 2 amide bonds. The molecule has 0 unspecified atom stereocenters. The number of rotatable bonds is 10. The summed E-state index contributed by atoms with van der Waals surface area (Å²) in [5.74, 6) is 0.462. The number of carbonyl (C=O) groups is 2. The molecule has 1 N–H and O–H groups in total. The standard InChI is InChI=1S/C33H37FN2O4S/c1-41(39,40)29-18-14-24(15-19-29)23-8-10-26(11-9-23)32(37)35-31(33(38)36-20-3-2-4-21-36)7-5-6-27-22-30(27)25-12-16-28(34)17-13-25/h8-19,27,30-31H,2-7,20-22H2,1H3,(H,35,37)/t27-,30+,31+/m1/s1. The molecular formula is C33H37FN2O4S. The molecule has 6 nitrogen and oxygen atoms in total. The Bertz CT molecular complexity index is 1470. The molecule has 1 aliphatic carbocycles. The van der Waals surface area contributed by atoms with E-state index in [4.69, 9.17) is 0 Å². The van der Waals surface area contributed by atoms with E-state index in [9.17, 15) is 22.4 Å². The highest BCUT2D eigenvalue weighted by Gasteiger charge is 2.38. The number of nitrogens with zero attached hydrogens (tertiary/aromatic N) is 1. The van der Waals surface area contributed by atoms with Gasteiger partial charge in [-0.05, 0) is 103 Å². The van der Waals surface area contributed by atoms with Crippen LogP contribution in [0.1, 0.15) is 66.8 Å². The molecule has 3 aromatic carbocycles. The topological polar surface area (TPSA) is 83.5 Å². The fraction of sp³-hybridized carbons (Fsp3) is 0.394. The second-order valence-electron chi connectivity index (χ2n) is 11.4. The first-order chi connectivity index (χ1) is 19.7. The van der Waals surface area contributed by atoms with E-state index in [1.807, 2.05) is 29.2 Å². The highest BCUT2D eigenvalue weighted by atomic mass is 32.2. The van der Waals surface area contributed by atoms with E-state index < -0.39 is 15.9 Å². The largest absolute Gasteiger partial charge is 0.341 e. The Kier molecular flexibility index (Phi) is 8.88. The van der Waals surface area contributed by atoms with Gasteiger partial charge in [0, 0.05) is 24.9 Å². The number of carbonyl (C=O) groups excluding carboxylic acids is 2. The molecular weight excluding hydrogens is 539 g/mol. The first-order valence-electron chi connectivity index (χ1n) is 14.4. The molecule has 0 spiro atoms. The van der Waals surface area contributed by atoms with Crippen molar-refractivity contribution >= 4 is 21.7 Å². The minimum Gasteiger partial charge on any atom is -0.341 e. The predicted octanol–water partition coefficient (Wildman–Crippen LogP) is 5.98. The van der Waals surface area contributed by atoms with Gasteiger partial charge in [0.25, 0.3) is 5.91 Å². The van der Waals surface area contributed by atoms with Gasteiger partial charge < -0.3 is 10.2 Å². The maximum absolute atomic E-state index is 13.4. The number of likely N-dealkylation sites (tertiary alicyclic amines) is 1. The molecule has 5 rings (SSSR count). The Labute approximate surface area is 241 Å². The SMILES string of the molecule is CS(=O)(=O)c1ccc(-c2ccc(C(=O)N[C@@H](CCC[C@@H]3C[C@H]3c3ccc(F)cc3)C(=O)N3CCCCC3)cc2)cc1. The van der Waals surface area contributed by atoms with Crippen LogP contribution in [0, 0.1) is 11.7 Å². The van der Waals surface area contributed by atoms with Crippen LogP contribution in [0.5, 0.6) is 0 Å². The number of hydrogen-bond donors (Lipinski definition) is 1. The van der Waals surface area contributed by atoms with Crippen molar-refractivity contribution in [3.63, 3.8) is 0 Å². The van der Waals surface area contributed by atoms with Gasteiger partial charge in [0.15, 0.2) is 9.84 Å². The molecule has 3 atom stereocenters.